The van der Waals surface area contributed by atoms with E-state index in [1.807, 2.05) is 36.6 Å². The van der Waals surface area contributed by atoms with Crippen molar-refractivity contribution in [2.45, 2.75) is 19.9 Å². The first-order valence-corrected chi connectivity index (χ1v) is 6.08. The molecule has 16 heavy (non-hydrogen) atoms. The molecule has 3 nitrogen and oxygen atoms in total. The Balaban J connectivity index is 2.14. The lowest BCUT2D eigenvalue weighted by Gasteiger charge is -2.15. The third-order valence-corrected chi connectivity index (χ3v) is 3.31. The van der Waals surface area contributed by atoms with Gasteiger partial charge in [0.2, 0.25) is 0 Å². The van der Waals surface area contributed by atoms with Crippen LogP contribution in [-0.2, 0) is 0 Å². The van der Waals surface area contributed by atoms with Crippen molar-refractivity contribution in [1.82, 2.24) is 4.98 Å². The van der Waals surface area contributed by atoms with E-state index in [1.54, 1.807) is 11.3 Å². The Morgan fingerprint density at radius 2 is 2.12 bits per heavy atom. The highest BCUT2D eigenvalue weighted by Crippen LogP contribution is 2.25. The van der Waals surface area contributed by atoms with Crippen LogP contribution in [0.4, 0.5) is 10.8 Å². The average molecular weight is 233 g/mol. The summed E-state index contributed by atoms with van der Waals surface area (Å²) in [4.78, 5) is 4.37. The van der Waals surface area contributed by atoms with E-state index in [-0.39, 0.29) is 6.04 Å². The number of aryl methyl sites for hydroxylation is 1. The van der Waals surface area contributed by atoms with Crippen molar-refractivity contribution in [3.8, 4) is 0 Å². The molecule has 1 aromatic carbocycles. The molecule has 2 aromatic rings. The third kappa shape index (κ3) is 2.33. The Kier molecular flexibility index (Phi) is 3.10. The van der Waals surface area contributed by atoms with Crippen LogP contribution in [-0.4, -0.2) is 4.98 Å². The zero-order valence-electron chi connectivity index (χ0n) is 9.40. The van der Waals surface area contributed by atoms with Crippen LogP contribution in [0.15, 0.2) is 29.6 Å². The Labute approximate surface area is 99.3 Å². The van der Waals surface area contributed by atoms with Crippen molar-refractivity contribution in [2.24, 2.45) is 0 Å². The van der Waals surface area contributed by atoms with Gasteiger partial charge < -0.3 is 11.1 Å². The molecule has 0 bridgehead atoms. The fraction of sp³-hybridized carbons (Fsp3) is 0.250. The van der Waals surface area contributed by atoms with Crippen molar-refractivity contribution in [2.75, 3.05) is 11.1 Å². The fourth-order valence-electron chi connectivity index (χ4n) is 1.59. The van der Waals surface area contributed by atoms with E-state index in [2.05, 4.69) is 17.2 Å². The largest absolute Gasteiger partial charge is 0.398 e. The Bertz CT molecular complexity index is 479. The molecular weight excluding hydrogens is 218 g/mol. The van der Waals surface area contributed by atoms with E-state index in [9.17, 15) is 0 Å². The smallest absolute Gasteiger partial charge is 0.183 e. The Hall–Kier alpha value is -1.55. The van der Waals surface area contributed by atoms with Crippen LogP contribution in [0.5, 0.6) is 0 Å². The molecule has 1 heterocycles. The summed E-state index contributed by atoms with van der Waals surface area (Å²) in [6, 6.07) is 8.07. The summed E-state index contributed by atoms with van der Waals surface area (Å²) >= 11 is 1.62. The second-order valence-corrected chi connectivity index (χ2v) is 4.65. The number of nitrogens with two attached hydrogens (primary N) is 1. The summed E-state index contributed by atoms with van der Waals surface area (Å²) in [5.41, 5.74) is 8.89. The molecule has 1 unspecified atom stereocenters. The van der Waals surface area contributed by atoms with E-state index in [4.69, 9.17) is 5.73 Å². The Morgan fingerprint density at radius 1 is 1.38 bits per heavy atom. The number of rotatable bonds is 3. The number of anilines is 2. The minimum Gasteiger partial charge on any atom is -0.398 e. The highest BCUT2D eigenvalue weighted by Gasteiger charge is 2.09. The molecule has 0 amide bonds. The maximum absolute atomic E-state index is 5.92. The monoisotopic (exact) mass is 233 g/mol. The molecule has 0 aliphatic heterocycles. The van der Waals surface area contributed by atoms with E-state index in [0.29, 0.717) is 0 Å². The molecule has 0 radical (unpaired) electrons. The first kappa shape index (κ1) is 11.0. The lowest BCUT2D eigenvalue weighted by Crippen LogP contribution is -2.08. The van der Waals surface area contributed by atoms with Gasteiger partial charge in [-0.2, -0.15) is 0 Å². The normalized spacial score (nSPS) is 12.4. The maximum atomic E-state index is 5.92. The summed E-state index contributed by atoms with van der Waals surface area (Å²) in [5.74, 6) is 0. The van der Waals surface area contributed by atoms with Crippen LogP contribution < -0.4 is 11.1 Å². The first-order chi connectivity index (χ1) is 7.66. The van der Waals surface area contributed by atoms with Gasteiger partial charge in [-0.3, -0.25) is 0 Å². The molecule has 0 fully saturated rings. The average Bonchev–Trinajstić information content (AvgIpc) is 2.64. The van der Waals surface area contributed by atoms with Gasteiger partial charge in [0, 0.05) is 11.1 Å². The number of thiazole rings is 1. The van der Waals surface area contributed by atoms with Gasteiger partial charge in [-0.25, -0.2) is 4.98 Å². The number of para-hydroxylation sites is 1. The van der Waals surface area contributed by atoms with Crippen molar-refractivity contribution >= 4 is 22.2 Å². The van der Waals surface area contributed by atoms with Crippen LogP contribution in [0.1, 0.15) is 24.2 Å². The van der Waals surface area contributed by atoms with Gasteiger partial charge in [-0.05, 0) is 25.5 Å². The predicted octanol–water partition coefficient (Wildman–Crippen LogP) is 3.21. The molecule has 1 atom stereocenters. The molecule has 1 aromatic heterocycles. The van der Waals surface area contributed by atoms with Crippen LogP contribution in [0.2, 0.25) is 0 Å². The van der Waals surface area contributed by atoms with Gasteiger partial charge in [-0.15, -0.1) is 11.3 Å². The van der Waals surface area contributed by atoms with Gasteiger partial charge in [-0.1, -0.05) is 18.2 Å². The van der Waals surface area contributed by atoms with Gasteiger partial charge in [0.1, 0.15) is 0 Å². The van der Waals surface area contributed by atoms with Crippen molar-refractivity contribution in [3.05, 3.63) is 40.9 Å². The topological polar surface area (TPSA) is 50.9 Å². The highest BCUT2D eigenvalue weighted by molar-refractivity contribution is 7.13. The summed E-state index contributed by atoms with van der Waals surface area (Å²) < 4.78 is 0. The summed E-state index contributed by atoms with van der Waals surface area (Å²) in [7, 11) is 0. The van der Waals surface area contributed by atoms with Gasteiger partial charge in [0.25, 0.3) is 0 Å². The lowest BCUT2D eigenvalue weighted by molar-refractivity contribution is 0.883. The first-order valence-electron chi connectivity index (χ1n) is 5.20. The number of hydrogen-bond acceptors (Lipinski definition) is 4. The van der Waals surface area contributed by atoms with Gasteiger partial charge in [0.15, 0.2) is 5.13 Å². The Morgan fingerprint density at radius 3 is 2.75 bits per heavy atom. The van der Waals surface area contributed by atoms with E-state index < -0.39 is 0 Å². The number of benzene rings is 1. The number of hydrogen-bond donors (Lipinski definition) is 2. The number of nitrogen functional groups attached to an aromatic ring is 1. The summed E-state index contributed by atoms with van der Waals surface area (Å²) in [5, 5.41) is 6.32. The summed E-state index contributed by atoms with van der Waals surface area (Å²) in [6.07, 6.45) is 0. The standard InChI is InChI=1S/C12H15N3S/c1-8-7-16-12(14-8)15-9(2)10-5-3-4-6-11(10)13/h3-7,9H,13H2,1-2H3,(H,14,15). The quantitative estimate of drug-likeness (QED) is 0.800. The van der Waals surface area contributed by atoms with E-state index >= 15 is 0 Å². The predicted molar refractivity (Wildman–Crippen MR) is 69.7 cm³/mol. The number of nitrogens with zero attached hydrogens (tertiary/aromatic N) is 1. The fourth-order valence-corrected chi connectivity index (χ4v) is 2.36. The molecule has 0 saturated carbocycles. The molecule has 0 aliphatic carbocycles. The van der Waals surface area contributed by atoms with Crippen molar-refractivity contribution in [1.29, 1.82) is 0 Å². The molecular formula is C12H15N3S. The van der Waals surface area contributed by atoms with Gasteiger partial charge in [0.05, 0.1) is 11.7 Å². The van der Waals surface area contributed by atoms with Crippen molar-refractivity contribution < 1.29 is 0 Å². The SMILES string of the molecule is Cc1csc(NC(C)c2ccccc2N)n1. The van der Waals surface area contributed by atoms with Gasteiger partial charge >= 0.3 is 0 Å². The zero-order valence-corrected chi connectivity index (χ0v) is 10.2. The van der Waals surface area contributed by atoms with Crippen LogP contribution in [0.25, 0.3) is 0 Å². The van der Waals surface area contributed by atoms with Crippen molar-refractivity contribution in [3.63, 3.8) is 0 Å². The molecule has 4 heteroatoms. The van der Waals surface area contributed by atoms with Crippen LogP contribution in [0, 0.1) is 6.92 Å². The summed E-state index contributed by atoms with van der Waals surface area (Å²) in [6.45, 7) is 4.08. The second-order valence-electron chi connectivity index (χ2n) is 3.79. The maximum Gasteiger partial charge on any atom is 0.183 e. The molecule has 0 saturated heterocycles. The van der Waals surface area contributed by atoms with E-state index in [0.717, 1.165) is 22.1 Å². The number of nitrogens with one attached hydrogen (secondary N) is 1. The molecule has 0 aliphatic rings. The molecule has 0 spiro atoms. The van der Waals surface area contributed by atoms with Crippen LogP contribution in [0.3, 0.4) is 0 Å². The molecule has 84 valence electrons. The minimum absolute atomic E-state index is 0.173. The molecule has 3 N–H and O–H groups in total. The minimum atomic E-state index is 0.173. The number of aromatic nitrogens is 1. The highest BCUT2D eigenvalue weighted by atomic mass is 32.1. The second kappa shape index (κ2) is 4.53. The zero-order chi connectivity index (χ0) is 11.5. The lowest BCUT2D eigenvalue weighted by atomic mass is 10.1. The van der Waals surface area contributed by atoms with E-state index in [1.165, 1.54) is 0 Å². The molecule has 2 rings (SSSR count). The third-order valence-electron chi connectivity index (χ3n) is 2.42. The van der Waals surface area contributed by atoms with Crippen LogP contribution >= 0.6 is 11.3 Å².